The summed E-state index contributed by atoms with van der Waals surface area (Å²) in [7, 11) is 3.36. The van der Waals surface area contributed by atoms with E-state index in [2.05, 4.69) is 10.3 Å². The molecule has 98 valence electrons. The van der Waals surface area contributed by atoms with Crippen LogP contribution in [0.2, 0.25) is 0 Å². The Balaban J connectivity index is 2.66. The van der Waals surface area contributed by atoms with Crippen molar-refractivity contribution in [1.29, 1.82) is 0 Å². The first-order valence-electron chi connectivity index (χ1n) is 5.87. The second-order valence-electron chi connectivity index (χ2n) is 4.78. The van der Waals surface area contributed by atoms with E-state index in [1.807, 2.05) is 13.8 Å². The molecule has 0 spiro atoms. The minimum Gasteiger partial charge on any atom is -0.345 e. The van der Waals surface area contributed by atoms with Crippen molar-refractivity contribution in [2.24, 2.45) is 5.92 Å². The molecule has 0 aromatic carbocycles. The maximum Gasteiger partial charge on any atom is 0.254 e. The van der Waals surface area contributed by atoms with Crippen LogP contribution in [0.4, 0.5) is 5.82 Å². The zero-order chi connectivity index (χ0) is 13.7. The maximum absolute atomic E-state index is 11.6. The minimum atomic E-state index is -0.109. The monoisotopic (exact) mass is 249 g/mol. The zero-order valence-electron chi connectivity index (χ0n) is 11.2. The largest absolute Gasteiger partial charge is 0.345 e. The molecule has 0 fully saturated rings. The lowest BCUT2D eigenvalue weighted by atomic mass is 10.1. The molecule has 1 N–H and O–H groups in total. The lowest BCUT2D eigenvalue weighted by molar-refractivity contribution is -0.116. The molecule has 5 heteroatoms. The van der Waals surface area contributed by atoms with E-state index < -0.39 is 0 Å². The van der Waals surface area contributed by atoms with Gasteiger partial charge in [0.1, 0.15) is 5.82 Å². The molecule has 0 aliphatic rings. The normalized spacial score (nSPS) is 10.3. The van der Waals surface area contributed by atoms with Crippen LogP contribution in [-0.4, -0.2) is 35.8 Å². The summed E-state index contributed by atoms with van der Waals surface area (Å²) in [6, 6.07) is 3.29. The van der Waals surface area contributed by atoms with Crippen LogP contribution >= 0.6 is 0 Å². The summed E-state index contributed by atoms with van der Waals surface area (Å²) in [5.74, 6) is 0.599. The Morgan fingerprint density at radius 3 is 2.44 bits per heavy atom. The van der Waals surface area contributed by atoms with Crippen molar-refractivity contribution in [1.82, 2.24) is 9.88 Å². The molecule has 1 heterocycles. The maximum atomic E-state index is 11.6. The van der Waals surface area contributed by atoms with E-state index in [9.17, 15) is 9.59 Å². The summed E-state index contributed by atoms with van der Waals surface area (Å²) >= 11 is 0. The van der Waals surface area contributed by atoms with Gasteiger partial charge in [-0.3, -0.25) is 9.59 Å². The van der Waals surface area contributed by atoms with E-state index in [-0.39, 0.29) is 11.8 Å². The summed E-state index contributed by atoms with van der Waals surface area (Å²) in [4.78, 5) is 28.7. The van der Waals surface area contributed by atoms with Crippen molar-refractivity contribution in [3.05, 3.63) is 23.9 Å². The number of aromatic nitrogens is 1. The van der Waals surface area contributed by atoms with Crippen LogP contribution < -0.4 is 5.32 Å². The number of nitrogens with one attached hydrogen (secondary N) is 1. The number of carbonyl (C=O) groups excluding carboxylic acids is 2. The van der Waals surface area contributed by atoms with Crippen molar-refractivity contribution in [2.75, 3.05) is 19.4 Å². The molecule has 0 saturated carbocycles. The van der Waals surface area contributed by atoms with Crippen LogP contribution in [0.25, 0.3) is 0 Å². The van der Waals surface area contributed by atoms with E-state index in [0.717, 1.165) is 0 Å². The van der Waals surface area contributed by atoms with Crippen molar-refractivity contribution in [3.8, 4) is 0 Å². The third kappa shape index (κ3) is 4.16. The lowest BCUT2D eigenvalue weighted by Crippen LogP contribution is -2.22. The third-order valence-electron chi connectivity index (χ3n) is 2.28. The molecule has 0 bridgehead atoms. The number of anilines is 1. The molecule has 0 saturated heterocycles. The molecule has 1 aromatic heterocycles. The van der Waals surface area contributed by atoms with E-state index in [0.29, 0.717) is 23.7 Å². The molecule has 0 atom stereocenters. The quantitative estimate of drug-likeness (QED) is 0.884. The van der Waals surface area contributed by atoms with Gasteiger partial charge in [0.05, 0.1) is 5.56 Å². The van der Waals surface area contributed by atoms with Crippen molar-refractivity contribution in [3.63, 3.8) is 0 Å². The fourth-order valence-corrected chi connectivity index (χ4v) is 1.42. The number of nitrogens with zero attached hydrogens (tertiary/aromatic N) is 2. The van der Waals surface area contributed by atoms with Crippen LogP contribution in [0.1, 0.15) is 30.6 Å². The van der Waals surface area contributed by atoms with Gasteiger partial charge in [0.25, 0.3) is 5.91 Å². The van der Waals surface area contributed by atoms with Crippen LogP contribution in [0, 0.1) is 5.92 Å². The number of carbonyl (C=O) groups is 2. The highest BCUT2D eigenvalue weighted by Crippen LogP contribution is 2.08. The molecular formula is C13H19N3O2. The Labute approximate surface area is 107 Å². The fraction of sp³-hybridized carbons (Fsp3) is 0.462. The highest BCUT2D eigenvalue weighted by atomic mass is 16.2. The van der Waals surface area contributed by atoms with Gasteiger partial charge in [-0.2, -0.15) is 0 Å². The van der Waals surface area contributed by atoms with E-state index >= 15 is 0 Å². The number of hydrogen-bond acceptors (Lipinski definition) is 3. The fourth-order valence-electron chi connectivity index (χ4n) is 1.42. The summed E-state index contributed by atoms with van der Waals surface area (Å²) in [6.45, 7) is 3.96. The number of pyridine rings is 1. The number of rotatable bonds is 4. The molecule has 18 heavy (non-hydrogen) atoms. The SMILES string of the molecule is CC(C)CC(=O)Nc1ccc(C(=O)N(C)C)cn1. The first-order valence-corrected chi connectivity index (χ1v) is 5.87. The average molecular weight is 249 g/mol. The zero-order valence-corrected chi connectivity index (χ0v) is 11.2. The molecule has 0 aliphatic carbocycles. The van der Waals surface area contributed by atoms with Gasteiger partial charge in [-0.25, -0.2) is 4.98 Å². The van der Waals surface area contributed by atoms with Gasteiger partial charge in [0.2, 0.25) is 5.91 Å². The minimum absolute atomic E-state index is 0.0656. The van der Waals surface area contributed by atoms with Gasteiger partial charge in [-0.15, -0.1) is 0 Å². The van der Waals surface area contributed by atoms with E-state index in [4.69, 9.17) is 0 Å². The summed E-state index contributed by atoms with van der Waals surface area (Å²) in [5, 5.41) is 2.69. The summed E-state index contributed by atoms with van der Waals surface area (Å²) < 4.78 is 0. The highest BCUT2D eigenvalue weighted by Gasteiger charge is 2.09. The second-order valence-corrected chi connectivity index (χ2v) is 4.78. The molecule has 1 aromatic rings. The smallest absolute Gasteiger partial charge is 0.254 e. The first-order chi connectivity index (χ1) is 8.40. The van der Waals surface area contributed by atoms with Gasteiger partial charge < -0.3 is 10.2 Å². The molecule has 0 unspecified atom stereocenters. The van der Waals surface area contributed by atoms with Crippen LogP contribution in [0.5, 0.6) is 0 Å². The van der Waals surface area contributed by atoms with Gasteiger partial charge >= 0.3 is 0 Å². The Morgan fingerprint density at radius 1 is 1.33 bits per heavy atom. The average Bonchev–Trinajstić information content (AvgIpc) is 2.27. The molecule has 0 aliphatic heterocycles. The molecule has 2 amide bonds. The van der Waals surface area contributed by atoms with E-state index in [1.54, 1.807) is 26.2 Å². The van der Waals surface area contributed by atoms with Gasteiger partial charge in [-0.1, -0.05) is 13.8 Å². The molecule has 1 rings (SSSR count). The molecule has 5 nitrogen and oxygen atoms in total. The standard InChI is InChI=1S/C13H19N3O2/c1-9(2)7-12(17)15-11-6-5-10(8-14-11)13(18)16(3)4/h5-6,8-9H,7H2,1-4H3,(H,14,15,17). The van der Waals surface area contributed by atoms with Crippen molar-refractivity contribution < 1.29 is 9.59 Å². The second kappa shape index (κ2) is 6.14. The Kier molecular flexibility index (Phi) is 4.83. The topological polar surface area (TPSA) is 62.3 Å². The molecule has 0 radical (unpaired) electrons. The predicted octanol–water partition coefficient (Wildman–Crippen LogP) is 1.77. The van der Waals surface area contributed by atoms with Gasteiger partial charge in [0, 0.05) is 26.7 Å². The van der Waals surface area contributed by atoms with Gasteiger partial charge in [-0.05, 0) is 18.1 Å². The Bertz CT molecular complexity index is 424. The summed E-state index contributed by atoms with van der Waals surface area (Å²) in [6.07, 6.45) is 1.92. The van der Waals surface area contributed by atoms with Crippen molar-refractivity contribution >= 4 is 17.6 Å². The Morgan fingerprint density at radius 2 is 2.00 bits per heavy atom. The molecular weight excluding hydrogens is 230 g/mol. The Hall–Kier alpha value is -1.91. The van der Waals surface area contributed by atoms with Gasteiger partial charge in [0.15, 0.2) is 0 Å². The lowest BCUT2D eigenvalue weighted by Gasteiger charge is -2.10. The first kappa shape index (κ1) is 14.2. The van der Waals surface area contributed by atoms with Crippen molar-refractivity contribution in [2.45, 2.75) is 20.3 Å². The van der Waals surface area contributed by atoms with Crippen LogP contribution in [-0.2, 0) is 4.79 Å². The van der Waals surface area contributed by atoms with Crippen LogP contribution in [0.3, 0.4) is 0 Å². The number of hydrogen-bond donors (Lipinski definition) is 1. The summed E-state index contributed by atoms with van der Waals surface area (Å²) in [5.41, 5.74) is 0.502. The van der Waals surface area contributed by atoms with E-state index in [1.165, 1.54) is 11.1 Å². The highest BCUT2D eigenvalue weighted by molar-refractivity contribution is 5.94. The van der Waals surface area contributed by atoms with Crippen LogP contribution in [0.15, 0.2) is 18.3 Å². The third-order valence-corrected chi connectivity index (χ3v) is 2.28. The predicted molar refractivity (Wildman–Crippen MR) is 70.3 cm³/mol. The number of amides is 2.